The quantitative estimate of drug-likeness (QED) is 0.184. The largest absolute Gasteiger partial charge is 0.756 e. The summed E-state index contributed by atoms with van der Waals surface area (Å²) in [5, 5.41) is 10.6. The number of nitrogens with zero attached hydrogens (tertiary/aromatic N) is 2. The van der Waals surface area contributed by atoms with Crippen molar-refractivity contribution in [2.24, 2.45) is 0 Å². The summed E-state index contributed by atoms with van der Waals surface area (Å²) in [5.41, 5.74) is 0.108. The number of phosphoric ester groups is 1. The molecule has 1 saturated heterocycles. The Hall–Kier alpha value is -3.24. The van der Waals surface area contributed by atoms with Crippen molar-refractivity contribution in [1.29, 1.82) is 0 Å². The van der Waals surface area contributed by atoms with Crippen LogP contribution in [0, 0.1) is 6.92 Å². The summed E-state index contributed by atoms with van der Waals surface area (Å²) >= 11 is 0. The average Bonchev–Trinajstić information content (AvgIpc) is 3.50. The fourth-order valence-corrected chi connectivity index (χ4v) is 4.97. The van der Waals surface area contributed by atoms with Crippen LogP contribution in [0.25, 0.3) is 11.0 Å². The molecule has 4 rings (SSSR count). The molecule has 1 fully saturated rings. The van der Waals surface area contributed by atoms with Crippen molar-refractivity contribution in [3.8, 4) is 5.75 Å². The molecule has 17 heteroatoms. The molecule has 250 valence electrons. The predicted molar refractivity (Wildman–Crippen MR) is 153 cm³/mol. The van der Waals surface area contributed by atoms with Gasteiger partial charge >= 0.3 is 17.6 Å². The van der Waals surface area contributed by atoms with Crippen molar-refractivity contribution in [3.63, 3.8) is 0 Å². The number of hydrogen-bond donors (Lipinski definition) is 3. The molecule has 0 aliphatic carbocycles. The van der Waals surface area contributed by atoms with Gasteiger partial charge in [0.2, 0.25) is 6.23 Å². The first-order chi connectivity index (χ1) is 21.1. The Labute approximate surface area is 257 Å². The minimum absolute atomic E-state index is 0.0873. The maximum absolute atomic E-state index is 14.5. The number of quaternary nitrogens is 1. The van der Waals surface area contributed by atoms with E-state index >= 15 is 0 Å². The third kappa shape index (κ3) is 9.39. The van der Waals surface area contributed by atoms with Crippen molar-refractivity contribution in [2.45, 2.75) is 65.1 Å². The van der Waals surface area contributed by atoms with E-state index in [1.807, 2.05) is 6.92 Å². The average molecular weight is 662 g/mol. The van der Waals surface area contributed by atoms with E-state index in [1.165, 1.54) is 26.7 Å². The first kappa shape index (κ1) is 36.2. The zero-order valence-electron chi connectivity index (χ0n) is 25.5. The van der Waals surface area contributed by atoms with Gasteiger partial charge < -0.3 is 42.9 Å². The summed E-state index contributed by atoms with van der Waals surface area (Å²) in [5.74, 6) is -3.82. The number of rotatable bonds is 12. The number of methoxy groups -OCH3 is 1. The van der Waals surface area contributed by atoms with E-state index in [0.717, 1.165) is 23.2 Å². The van der Waals surface area contributed by atoms with Crippen LogP contribution in [0.15, 0.2) is 39.7 Å². The lowest BCUT2D eigenvalue weighted by Crippen LogP contribution is -3.11. The molecule has 45 heavy (non-hydrogen) atoms. The number of carbonyl (C=O) groups is 1. The van der Waals surface area contributed by atoms with Crippen LogP contribution in [0.1, 0.15) is 44.0 Å². The zero-order chi connectivity index (χ0) is 33.5. The molecule has 1 aromatic carbocycles. The summed E-state index contributed by atoms with van der Waals surface area (Å²) in [4.78, 5) is 49.3. The molecule has 1 aliphatic rings. The molecule has 1 unspecified atom stereocenters. The number of halogens is 2. The highest BCUT2D eigenvalue weighted by Gasteiger charge is 2.59. The molecule has 4 atom stereocenters. The van der Waals surface area contributed by atoms with Crippen LogP contribution < -0.4 is 20.2 Å². The van der Waals surface area contributed by atoms with Crippen LogP contribution >= 0.6 is 7.82 Å². The zero-order valence-corrected chi connectivity index (χ0v) is 26.4. The lowest BCUT2D eigenvalue weighted by molar-refractivity contribution is -0.894. The number of aliphatic hydroxyl groups excluding tert-OH is 1. The fraction of sp³-hybridized carbons (Fsp3) is 0.536. The van der Waals surface area contributed by atoms with Gasteiger partial charge in [0.05, 0.1) is 45.5 Å². The molecule has 0 amide bonds. The summed E-state index contributed by atoms with van der Waals surface area (Å²) < 4.78 is 65.2. The number of phosphoric acid groups is 1. The molecule has 0 radical (unpaired) electrons. The van der Waals surface area contributed by atoms with Gasteiger partial charge in [0.1, 0.15) is 29.8 Å². The summed E-state index contributed by atoms with van der Waals surface area (Å²) in [7, 11) is -3.74. The number of aromatic nitrogens is 2. The molecule has 3 aromatic rings. The number of aryl methyl sites for hydroxylation is 1. The van der Waals surface area contributed by atoms with Crippen LogP contribution in [0.2, 0.25) is 0 Å². The van der Waals surface area contributed by atoms with Gasteiger partial charge in [-0.3, -0.25) is 13.9 Å². The van der Waals surface area contributed by atoms with Crippen molar-refractivity contribution in [2.75, 3.05) is 33.4 Å². The van der Waals surface area contributed by atoms with Gasteiger partial charge in [-0.25, -0.2) is 4.79 Å². The van der Waals surface area contributed by atoms with E-state index in [1.54, 1.807) is 23.1 Å². The molecule has 14 nitrogen and oxygen atoms in total. The molecule has 0 saturated carbocycles. The summed E-state index contributed by atoms with van der Waals surface area (Å²) in [6.45, 7) is 11.0. The van der Waals surface area contributed by atoms with E-state index in [-0.39, 0.29) is 12.3 Å². The Kier molecular flexibility index (Phi) is 12.4. The number of hydrogen-bond acceptors (Lipinski definition) is 11. The molecule has 0 spiro atoms. The van der Waals surface area contributed by atoms with Gasteiger partial charge in [0.15, 0.2) is 6.10 Å². The molecule has 2 aromatic heterocycles. The van der Waals surface area contributed by atoms with Crippen LogP contribution in [0.3, 0.4) is 0 Å². The van der Waals surface area contributed by atoms with E-state index in [9.17, 15) is 32.9 Å². The number of benzene rings is 1. The van der Waals surface area contributed by atoms with Crippen molar-refractivity contribution in [1.82, 2.24) is 9.55 Å². The monoisotopic (exact) mass is 661 g/mol. The van der Waals surface area contributed by atoms with Crippen LogP contribution in [0.4, 0.5) is 8.78 Å². The Morgan fingerprint density at radius 3 is 2.44 bits per heavy atom. The third-order valence-corrected chi connectivity index (χ3v) is 7.66. The Balaban J connectivity index is 0.000000707. The summed E-state index contributed by atoms with van der Waals surface area (Å²) in [6.07, 6.45) is -6.36. The number of esters is 1. The number of furan rings is 1. The standard InChI is InChI=1S/C22H23F2N2O11P.C6H15N/c1-11-5-14(33-2)6-12-7-15(36-18(11)12)9-34-17(27)8-13-3-4-26(21(29)25-13)20-22(23,24)19(28)16(37-20)10-35-38(30,31)32;1-4-7(5-2)6-3/h3-7,16,19-20,28H,8-10H2,1-2H3,(H2,30,31,32);4-6H2,1-3H3/t16-,19-,20-;/m1./s1. The second kappa shape index (κ2) is 15.4. The van der Waals surface area contributed by atoms with E-state index in [4.69, 9.17) is 23.5 Å². The van der Waals surface area contributed by atoms with Crippen LogP contribution in [0.5, 0.6) is 5.75 Å². The molecular weight excluding hydrogens is 623 g/mol. The highest BCUT2D eigenvalue weighted by molar-refractivity contribution is 7.44. The van der Waals surface area contributed by atoms with E-state index in [0.29, 0.717) is 21.7 Å². The van der Waals surface area contributed by atoms with Gasteiger partial charge in [-0.1, -0.05) is 0 Å². The second-order valence-corrected chi connectivity index (χ2v) is 11.4. The second-order valence-electron chi connectivity index (χ2n) is 10.2. The number of nitrogens with one attached hydrogen (secondary N) is 1. The van der Waals surface area contributed by atoms with E-state index < -0.39 is 56.9 Å². The Morgan fingerprint density at radius 1 is 1.22 bits per heavy atom. The van der Waals surface area contributed by atoms with Crippen LogP contribution in [-0.2, 0) is 36.4 Å². The van der Waals surface area contributed by atoms with Crippen molar-refractivity contribution < 1.29 is 61.1 Å². The fourth-order valence-electron chi connectivity index (χ4n) is 4.64. The molecule has 0 bridgehead atoms. The first-order valence-corrected chi connectivity index (χ1v) is 15.7. The SMILES string of the molecule is CC[NH+](CC)CC.COc1cc(C)c2oc(COC(=O)Cc3ccn([C@@H]4O[C@H](COP(=O)([O-])O)[C@@H](O)C4(F)F)c(=O)n3)cc2c1. The smallest absolute Gasteiger partial charge is 0.350 e. The van der Waals surface area contributed by atoms with Crippen molar-refractivity contribution >= 4 is 24.8 Å². The maximum Gasteiger partial charge on any atom is 0.350 e. The number of alkyl halides is 2. The third-order valence-electron chi connectivity index (χ3n) is 7.18. The lowest BCUT2D eigenvalue weighted by atomic mass is 10.1. The molecular formula is C28H38F2N3O11P. The summed E-state index contributed by atoms with van der Waals surface area (Å²) in [6, 6.07) is 6.34. The number of carbonyl (C=O) groups excluding carboxylic acids is 1. The highest BCUT2D eigenvalue weighted by atomic mass is 31.2. The van der Waals surface area contributed by atoms with Gasteiger partial charge in [-0.05, 0) is 57.5 Å². The topological polar surface area (TPSA) is 187 Å². The number of aliphatic hydroxyl groups is 1. The first-order valence-electron chi connectivity index (χ1n) is 14.2. The minimum Gasteiger partial charge on any atom is -0.756 e. The van der Waals surface area contributed by atoms with Gasteiger partial charge in [0.25, 0.3) is 7.82 Å². The van der Waals surface area contributed by atoms with Crippen molar-refractivity contribution in [3.05, 3.63) is 58.0 Å². The van der Waals surface area contributed by atoms with E-state index in [2.05, 4.69) is 30.3 Å². The lowest BCUT2D eigenvalue weighted by Gasteiger charge is -2.21. The maximum atomic E-state index is 14.5. The van der Waals surface area contributed by atoms with Gasteiger partial charge in [-0.2, -0.15) is 13.8 Å². The minimum atomic E-state index is -5.27. The predicted octanol–water partition coefficient (Wildman–Crippen LogP) is 0.894. The molecule has 3 heterocycles. The Bertz CT molecular complexity index is 1550. The molecule has 1 aliphatic heterocycles. The highest BCUT2D eigenvalue weighted by Crippen LogP contribution is 2.43. The number of fused-ring (bicyclic) bond motifs is 1. The Morgan fingerprint density at radius 2 is 1.89 bits per heavy atom. The van der Waals surface area contributed by atoms with Gasteiger partial charge in [0, 0.05) is 11.6 Å². The number of ether oxygens (including phenoxy) is 3. The van der Waals surface area contributed by atoms with Crippen LogP contribution in [-0.4, -0.2) is 77.0 Å². The normalized spacial score (nSPS) is 20.5. The van der Waals surface area contributed by atoms with Gasteiger partial charge in [-0.15, -0.1) is 0 Å². The molecule has 3 N–H and O–H groups in total.